The second-order valence-corrected chi connectivity index (χ2v) is 2.14. The van der Waals surface area contributed by atoms with Crippen LogP contribution in [0.1, 0.15) is 23.2 Å². The van der Waals surface area contributed by atoms with E-state index in [2.05, 4.69) is 5.92 Å². The average Bonchev–Trinajstić information content (AvgIpc) is 2.52. The molecule has 0 aromatic carbocycles. The Kier molecular flexibility index (Phi) is 2.51. The van der Waals surface area contributed by atoms with E-state index in [0.29, 0.717) is 18.4 Å². The Hall–Kier alpha value is -1.49. The lowest BCUT2D eigenvalue weighted by atomic mass is 10.1. The molecular formula is C9H8O2. The number of furan rings is 1. The van der Waals surface area contributed by atoms with Crippen molar-refractivity contribution in [2.24, 2.45) is 0 Å². The van der Waals surface area contributed by atoms with Gasteiger partial charge in [0.1, 0.15) is 6.26 Å². The Morgan fingerprint density at radius 2 is 2.55 bits per heavy atom. The van der Waals surface area contributed by atoms with Crippen molar-refractivity contribution in [3.63, 3.8) is 0 Å². The molecule has 0 radical (unpaired) electrons. The van der Waals surface area contributed by atoms with E-state index >= 15 is 0 Å². The standard InChI is InChI=1S/C9H8O2/c1-2-3-4-9(10)8-5-6-11-7-8/h1,5-7H,3-4H2. The van der Waals surface area contributed by atoms with E-state index in [9.17, 15) is 4.79 Å². The molecule has 0 aliphatic heterocycles. The number of terminal acetylenes is 1. The summed E-state index contributed by atoms with van der Waals surface area (Å²) >= 11 is 0. The molecule has 1 aromatic rings. The minimum Gasteiger partial charge on any atom is -0.472 e. The first-order chi connectivity index (χ1) is 5.34. The molecule has 1 aromatic heterocycles. The lowest BCUT2D eigenvalue weighted by molar-refractivity contribution is 0.0983. The highest BCUT2D eigenvalue weighted by Gasteiger charge is 2.04. The van der Waals surface area contributed by atoms with Gasteiger partial charge in [-0.05, 0) is 6.07 Å². The summed E-state index contributed by atoms with van der Waals surface area (Å²) in [6.07, 6.45) is 8.80. The van der Waals surface area contributed by atoms with E-state index in [4.69, 9.17) is 10.8 Å². The van der Waals surface area contributed by atoms with Gasteiger partial charge in [-0.15, -0.1) is 12.3 Å². The van der Waals surface area contributed by atoms with Gasteiger partial charge >= 0.3 is 0 Å². The van der Waals surface area contributed by atoms with Crippen molar-refractivity contribution in [1.82, 2.24) is 0 Å². The van der Waals surface area contributed by atoms with Gasteiger partial charge in [0, 0.05) is 12.8 Å². The van der Waals surface area contributed by atoms with Crippen molar-refractivity contribution in [3.8, 4) is 12.3 Å². The Balaban J connectivity index is 2.51. The smallest absolute Gasteiger partial charge is 0.167 e. The van der Waals surface area contributed by atoms with Gasteiger partial charge < -0.3 is 4.42 Å². The molecular weight excluding hydrogens is 140 g/mol. The third kappa shape index (κ3) is 1.98. The fraction of sp³-hybridized carbons (Fsp3) is 0.222. The summed E-state index contributed by atoms with van der Waals surface area (Å²) in [5.41, 5.74) is 0.597. The van der Waals surface area contributed by atoms with Crippen LogP contribution < -0.4 is 0 Å². The van der Waals surface area contributed by atoms with Crippen LogP contribution in [0.5, 0.6) is 0 Å². The van der Waals surface area contributed by atoms with Crippen LogP contribution in [0.2, 0.25) is 0 Å². The first kappa shape index (κ1) is 7.62. The third-order valence-corrected chi connectivity index (χ3v) is 1.34. The number of rotatable bonds is 3. The molecule has 0 atom stereocenters. The van der Waals surface area contributed by atoms with Crippen LogP contribution in [0.25, 0.3) is 0 Å². The summed E-state index contributed by atoms with van der Waals surface area (Å²) in [4.78, 5) is 11.1. The van der Waals surface area contributed by atoms with E-state index in [1.165, 1.54) is 12.5 Å². The zero-order valence-electron chi connectivity index (χ0n) is 6.04. The maximum absolute atomic E-state index is 11.1. The molecule has 0 N–H and O–H groups in total. The summed E-state index contributed by atoms with van der Waals surface area (Å²) in [6.45, 7) is 0. The van der Waals surface area contributed by atoms with Crippen LogP contribution in [0.15, 0.2) is 23.0 Å². The highest BCUT2D eigenvalue weighted by molar-refractivity contribution is 5.95. The van der Waals surface area contributed by atoms with E-state index in [1.807, 2.05) is 0 Å². The van der Waals surface area contributed by atoms with Crippen molar-refractivity contribution in [1.29, 1.82) is 0 Å². The first-order valence-electron chi connectivity index (χ1n) is 3.33. The Morgan fingerprint density at radius 1 is 1.73 bits per heavy atom. The topological polar surface area (TPSA) is 30.2 Å². The van der Waals surface area contributed by atoms with E-state index in [-0.39, 0.29) is 5.78 Å². The molecule has 11 heavy (non-hydrogen) atoms. The summed E-state index contributed by atoms with van der Waals surface area (Å²) in [5.74, 6) is 2.45. The van der Waals surface area contributed by atoms with Gasteiger partial charge in [-0.1, -0.05) is 0 Å². The van der Waals surface area contributed by atoms with Gasteiger partial charge in [-0.25, -0.2) is 0 Å². The number of carbonyl (C=O) groups excluding carboxylic acids is 1. The molecule has 56 valence electrons. The minimum absolute atomic E-state index is 0.0386. The maximum Gasteiger partial charge on any atom is 0.167 e. The number of hydrogen-bond donors (Lipinski definition) is 0. The number of hydrogen-bond acceptors (Lipinski definition) is 2. The zero-order valence-corrected chi connectivity index (χ0v) is 6.04. The molecule has 0 aliphatic rings. The minimum atomic E-state index is 0.0386. The second-order valence-electron chi connectivity index (χ2n) is 2.14. The predicted octanol–water partition coefficient (Wildman–Crippen LogP) is 1.88. The second kappa shape index (κ2) is 3.62. The van der Waals surface area contributed by atoms with E-state index in [0.717, 1.165) is 0 Å². The summed E-state index contributed by atoms with van der Waals surface area (Å²) < 4.78 is 4.74. The van der Waals surface area contributed by atoms with Crippen LogP contribution in [0.4, 0.5) is 0 Å². The Labute approximate surface area is 65.2 Å². The molecule has 0 unspecified atom stereocenters. The number of carbonyl (C=O) groups is 1. The average molecular weight is 148 g/mol. The molecule has 0 bridgehead atoms. The fourth-order valence-electron chi connectivity index (χ4n) is 0.753. The van der Waals surface area contributed by atoms with Gasteiger partial charge in [0.25, 0.3) is 0 Å². The SMILES string of the molecule is C#CCCC(=O)c1ccoc1. The summed E-state index contributed by atoms with van der Waals surface area (Å²) in [7, 11) is 0. The number of ketones is 1. The summed E-state index contributed by atoms with van der Waals surface area (Å²) in [5, 5.41) is 0. The van der Waals surface area contributed by atoms with Crippen molar-refractivity contribution in [2.45, 2.75) is 12.8 Å². The lowest BCUT2D eigenvalue weighted by Crippen LogP contribution is -1.95. The maximum atomic E-state index is 11.1. The van der Waals surface area contributed by atoms with Crippen molar-refractivity contribution >= 4 is 5.78 Å². The molecule has 0 amide bonds. The molecule has 2 heteroatoms. The van der Waals surface area contributed by atoms with Crippen LogP contribution in [0.3, 0.4) is 0 Å². The first-order valence-corrected chi connectivity index (χ1v) is 3.33. The van der Waals surface area contributed by atoms with Gasteiger partial charge in [0.2, 0.25) is 0 Å². The quantitative estimate of drug-likeness (QED) is 0.484. The lowest BCUT2D eigenvalue weighted by Gasteiger charge is -1.89. The molecule has 0 saturated carbocycles. The molecule has 0 aliphatic carbocycles. The van der Waals surface area contributed by atoms with Gasteiger partial charge in [-0.3, -0.25) is 4.79 Å². The highest BCUT2D eigenvalue weighted by atomic mass is 16.3. The van der Waals surface area contributed by atoms with Crippen LogP contribution in [0, 0.1) is 12.3 Å². The van der Waals surface area contributed by atoms with Crippen LogP contribution >= 0.6 is 0 Å². The molecule has 2 nitrogen and oxygen atoms in total. The van der Waals surface area contributed by atoms with E-state index in [1.54, 1.807) is 6.07 Å². The third-order valence-electron chi connectivity index (χ3n) is 1.34. The van der Waals surface area contributed by atoms with Crippen LogP contribution in [-0.2, 0) is 0 Å². The Morgan fingerprint density at radius 3 is 3.09 bits per heavy atom. The fourth-order valence-corrected chi connectivity index (χ4v) is 0.753. The Bertz CT molecular complexity index is 264. The van der Waals surface area contributed by atoms with Gasteiger partial charge in [-0.2, -0.15) is 0 Å². The largest absolute Gasteiger partial charge is 0.472 e. The van der Waals surface area contributed by atoms with Crippen molar-refractivity contribution in [2.75, 3.05) is 0 Å². The molecule has 1 heterocycles. The normalized spacial score (nSPS) is 9.00. The molecule has 1 rings (SSSR count). The molecule has 0 fully saturated rings. The number of Topliss-reactive ketones (excluding diaryl/α,β-unsaturated/α-hetero) is 1. The van der Waals surface area contributed by atoms with Crippen molar-refractivity contribution in [3.05, 3.63) is 24.2 Å². The van der Waals surface area contributed by atoms with Gasteiger partial charge in [0.15, 0.2) is 5.78 Å². The van der Waals surface area contributed by atoms with Gasteiger partial charge in [0.05, 0.1) is 11.8 Å². The zero-order chi connectivity index (χ0) is 8.10. The van der Waals surface area contributed by atoms with E-state index < -0.39 is 0 Å². The monoisotopic (exact) mass is 148 g/mol. The summed E-state index contributed by atoms with van der Waals surface area (Å²) in [6, 6.07) is 1.64. The van der Waals surface area contributed by atoms with Crippen molar-refractivity contribution < 1.29 is 9.21 Å². The molecule has 0 saturated heterocycles. The van der Waals surface area contributed by atoms with Crippen LogP contribution in [-0.4, -0.2) is 5.78 Å². The highest BCUT2D eigenvalue weighted by Crippen LogP contribution is 2.04. The predicted molar refractivity (Wildman–Crippen MR) is 41.1 cm³/mol. The molecule has 0 spiro atoms.